The first-order valence-corrected chi connectivity index (χ1v) is 13.8. The molecule has 0 bridgehead atoms. The summed E-state index contributed by atoms with van der Waals surface area (Å²) in [6.07, 6.45) is 0.394. The molecule has 2 aromatic carbocycles. The molecule has 1 aliphatic rings. The molecule has 1 aliphatic heterocycles. The minimum atomic E-state index is -2.95. The van der Waals surface area contributed by atoms with Crippen LogP contribution in [0.3, 0.4) is 0 Å². The van der Waals surface area contributed by atoms with Crippen molar-refractivity contribution < 1.29 is 26.6 Å². The monoisotopic (exact) mass is 556 g/mol. The Balaban J connectivity index is 1.47. The SMILES string of the molecule is N=S1(=O)CCN(C(=O)N(Cc2ccc(-c3nnc(C(F)F)o3)cc2F)c2cccc(-c3cccnc3)c2)CC1. The van der Waals surface area contributed by atoms with Crippen molar-refractivity contribution in [2.45, 2.75) is 13.0 Å². The summed E-state index contributed by atoms with van der Waals surface area (Å²) in [7, 11) is -2.73. The van der Waals surface area contributed by atoms with Crippen LogP contribution in [-0.2, 0) is 16.3 Å². The fourth-order valence-corrected chi connectivity index (χ4v) is 5.40. The Hall–Kier alpha value is -4.26. The maximum Gasteiger partial charge on any atom is 0.324 e. The maximum atomic E-state index is 15.3. The number of carbonyl (C=O) groups excluding carboxylic acids is 1. The van der Waals surface area contributed by atoms with Crippen molar-refractivity contribution in [3.8, 4) is 22.6 Å². The molecule has 5 rings (SSSR count). The van der Waals surface area contributed by atoms with Gasteiger partial charge in [-0.3, -0.25) is 14.7 Å². The van der Waals surface area contributed by atoms with Crippen LogP contribution < -0.4 is 4.90 Å². The van der Waals surface area contributed by atoms with Gasteiger partial charge in [0.15, 0.2) is 0 Å². The van der Waals surface area contributed by atoms with E-state index in [0.29, 0.717) is 5.69 Å². The van der Waals surface area contributed by atoms with Gasteiger partial charge in [-0.1, -0.05) is 24.3 Å². The number of nitrogens with zero attached hydrogens (tertiary/aromatic N) is 5. The fourth-order valence-electron chi connectivity index (χ4n) is 4.17. The van der Waals surface area contributed by atoms with Gasteiger partial charge in [-0.2, -0.15) is 8.78 Å². The molecule has 0 atom stereocenters. The molecule has 202 valence electrons. The van der Waals surface area contributed by atoms with Crippen molar-refractivity contribution in [3.05, 3.63) is 84.3 Å². The van der Waals surface area contributed by atoms with Gasteiger partial charge >= 0.3 is 12.5 Å². The Morgan fingerprint density at radius 3 is 2.49 bits per heavy atom. The van der Waals surface area contributed by atoms with E-state index in [4.69, 9.17) is 9.20 Å². The zero-order valence-corrected chi connectivity index (χ0v) is 21.3. The molecule has 1 saturated heterocycles. The van der Waals surface area contributed by atoms with E-state index in [9.17, 15) is 17.8 Å². The number of aromatic nitrogens is 3. The number of halogens is 3. The van der Waals surface area contributed by atoms with Gasteiger partial charge in [0.05, 0.1) is 6.54 Å². The standard InChI is InChI=1S/C26H23F3N6O3S/c27-22-14-18(24-32-33-25(38-24)23(28)29)6-7-20(22)16-35(26(36)34-9-11-39(30,37)12-10-34)21-5-1-3-17(13-21)19-4-2-8-31-15-19/h1-8,13-15,23,30H,9-12,16H2. The molecular formula is C26H23F3N6O3S. The number of rotatable bonds is 6. The van der Waals surface area contributed by atoms with E-state index in [2.05, 4.69) is 15.2 Å². The lowest BCUT2D eigenvalue weighted by atomic mass is 10.1. The van der Waals surface area contributed by atoms with Crippen molar-refractivity contribution >= 4 is 21.4 Å². The summed E-state index contributed by atoms with van der Waals surface area (Å²) in [5.74, 6) is -1.68. The van der Waals surface area contributed by atoms with Gasteiger partial charge in [0.2, 0.25) is 5.89 Å². The number of hydrogen-bond acceptors (Lipinski definition) is 7. The number of urea groups is 1. The summed E-state index contributed by atoms with van der Waals surface area (Å²) in [5, 5.41) is 6.81. The largest absolute Gasteiger partial charge is 0.415 e. The number of amides is 2. The average molecular weight is 557 g/mol. The zero-order chi connectivity index (χ0) is 27.6. The summed E-state index contributed by atoms with van der Waals surface area (Å²) in [6.45, 7) is 0.135. The second kappa shape index (κ2) is 10.8. The highest BCUT2D eigenvalue weighted by molar-refractivity contribution is 7.92. The Morgan fingerprint density at radius 1 is 1.05 bits per heavy atom. The van der Waals surface area contributed by atoms with Gasteiger partial charge in [-0.25, -0.2) is 13.4 Å². The van der Waals surface area contributed by atoms with Gasteiger partial charge in [-0.15, -0.1) is 10.2 Å². The normalized spacial score (nSPS) is 14.9. The van der Waals surface area contributed by atoms with Crippen molar-refractivity contribution in [1.29, 1.82) is 4.78 Å². The number of pyridine rings is 1. The number of benzene rings is 2. The average Bonchev–Trinajstić information content (AvgIpc) is 3.44. The van der Waals surface area contributed by atoms with Crippen LogP contribution in [0.15, 0.2) is 71.4 Å². The quantitative estimate of drug-likeness (QED) is 0.342. The van der Waals surface area contributed by atoms with Gasteiger partial charge in [-0.05, 0) is 35.9 Å². The lowest BCUT2D eigenvalue weighted by molar-refractivity contribution is 0.116. The van der Waals surface area contributed by atoms with E-state index in [1.807, 2.05) is 12.1 Å². The molecule has 0 spiro atoms. The lowest BCUT2D eigenvalue weighted by Gasteiger charge is -2.34. The number of carbonyl (C=O) groups is 1. The smallest absolute Gasteiger partial charge is 0.324 e. The maximum absolute atomic E-state index is 15.3. The molecule has 0 unspecified atom stereocenters. The number of hydrogen-bond donors (Lipinski definition) is 1. The fraction of sp³-hybridized carbons (Fsp3) is 0.231. The molecule has 0 aliphatic carbocycles. The first-order valence-electron chi connectivity index (χ1n) is 11.9. The molecule has 2 aromatic heterocycles. The molecule has 0 radical (unpaired) electrons. The van der Waals surface area contributed by atoms with Crippen LogP contribution >= 0.6 is 0 Å². The van der Waals surface area contributed by atoms with Crippen LogP contribution in [0.25, 0.3) is 22.6 Å². The molecule has 0 saturated carbocycles. The number of nitrogens with one attached hydrogen (secondary N) is 1. The molecule has 9 nitrogen and oxygen atoms in total. The highest BCUT2D eigenvalue weighted by Crippen LogP contribution is 2.29. The second-order valence-corrected chi connectivity index (χ2v) is 11.4. The van der Waals surface area contributed by atoms with E-state index < -0.39 is 33.9 Å². The highest BCUT2D eigenvalue weighted by atomic mass is 32.2. The predicted octanol–water partition coefficient (Wildman–Crippen LogP) is 5.36. The van der Waals surface area contributed by atoms with Gasteiger partial charge < -0.3 is 9.32 Å². The minimum Gasteiger partial charge on any atom is -0.415 e. The third-order valence-corrected chi connectivity index (χ3v) is 7.98. The molecule has 1 N–H and O–H groups in total. The van der Waals surface area contributed by atoms with Crippen LogP contribution in [0.1, 0.15) is 17.9 Å². The van der Waals surface area contributed by atoms with E-state index in [0.717, 1.165) is 17.2 Å². The van der Waals surface area contributed by atoms with Gasteiger partial charge in [0.25, 0.3) is 5.89 Å². The van der Waals surface area contributed by atoms with Crippen molar-refractivity contribution in [3.63, 3.8) is 0 Å². The topological polar surface area (TPSA) is 116 Å². The third-order valence-electron chi connectivity index (χ3n) is 6.29. The van der Waals surface area contributed by atoms with E-state index >= 15 is 4.39 Å². The van der Waals surface area contributed by atoms with Crippen LogP contribution in [0.5, 0.6) is 0 Å². The molecule has 3 heterocycles. The van der Waals surface area contributed by atoms with Crippen LogP contribution in [0.4, 0.5) is 23.7 Å². The molecule has 2 amide bonds. The van der Waals surface area contributed by atoms with Crippen molar-refractivity contribution in [2.24, 2.45) is 0 Å². The first-order chi connectivity index (χ1) is 18.7. The lowest BCUT2D eigenvalue weighted by Crippen LogP contribution is -2.49. The Bertz CT molecular complexity index is 1580. The zero-order valence-electron chi connectivity index (χ0n) is 20.5. The molecule has 4 aromatic rings. The number of alkyl halides is 2. The second-order valence-electron chi connectivity index (χ2n) is 8.92. The summed E-state index contributed by atoms with van der Waals surface area (Å²) < 4.78 is 65.8. The van der Waals surface area contributed by atoms with Crippen molar-refractivity contribution in [1.82, 2.24) is 20.1 Å². The highest BCUT2D eigenvalue weighted by Gasteiger charge is 2.28. The van der Waals surface area contributed by atoms with Gasteiger partial charge in [0, 0.05) is 69.1 Å². The Morgan fingerprint density at radius 2 is 1.82 bits per heavy atom. The predicted molar refractivity (Wildman–Crippen MR) is 138 cm³/mol. The molecule has 13 heteroatoms. The third kappa shape index (κ3) is 5.93. The first kappa shape index (κ1) is 26.4. The van der Waals surface area contributed by atoms with Crippen LogP contribution in [0, 0.1) is 10.6 Å². The summed E-state index contributed by atoms with van der Waals surface area (Å²) in [4.78, 5) is 20.7. The number of anilines is 1. The Labute approximate surface area is 222 Å². The Kier molecular flexibility index (Phi) is 7.33. The van der Waals surface area contributed by atoms with Gasteiger partial charge in [0.1, 0.15) is 5.82 Å². The van der Waals surface area contributed by atoms with E-state index in [-0.39, 0.29) is 48.2 Å². The van der Waals surface area contributed by atoms with E-state index in [1.165, 1.54) is 21.9 Å². The van der Waals surface area contributed by atoms with Crippen molar-refractivity contribution in [2.75, 3.05) is 29.5 Å². The molecular weight excluding hydrogens is 533 g/mol. The summed E-state index contributed by atoms with van der Waals surface area (Å²) in [5.41, 5.74) is 2.41. The molecule has 39 heavy (non-hydrogen) atoms. The molecule has 1 fully saturated rings. The van der Waals surface area contributed by atoms with Crippen LogP contribution in [-0.4, -0.2) is 54.9 Å². The summed E-state index contributed by atoms with van der Waals surface area (Å²) in [6, 6.07) is 14.4. The summed E-state index contributed by atoms with van der Waals surface area (Å²) >= 11 is 0. The van der Waals surface area contributed by atoms with Crippen LogP contribution in [0.2, 0.25) is 0 Å². The minimum absolute atomic E-state index is 0.0656. The van der Waals surface area contributed by atoms with E-state index in [1.54, 1.807) is 36.7 Å².